The van der Waals surface area contributed by atoms with E-state index in [4.69, 9.17) is 0 Å². The zero-order valence-corrected chi connectivity index (χ0v) is 13.4. The molecule has 2 N–H and O–H groups in total. The molecule has 2 aromatic rings. The van der Waals surface area contributed by atoms with E-state index in [2.05, 4.69) is 10.0 Å². The van der Waals surface area contributed by atoms with E-state index >= 15 is 0 Å². The molecule has 23 heavy (non-hydrogen) atoms. The van der Waals surface area contributed by atoms with Gasteiger partial charge in [-0.05, 0) is 42.8 Å². The van der Waals surface area contributed by atoms with E-state index in [9.17, 15) is 13.2 Å². The number of sulfonamides is 1. The van der Waals surface area contributed by atoms with Gasteiger partial charge in [0.1, 0.15) is 0 Å². The number of rotatable bonds is 4. The van der Waals surface area contributed by atoms with E-state index in [1.54, 1.807) is 60.4 Å². The Hall–Kier alpha value is -2.54. The largest absolute Gasteiger partial charge is 0.336 e. The lowest BCUT2D eigenvalue weighted by Crippen LogP contribution is -2.27. The van der Waals surface area contributed by atoms with Crippen LogP contribution in [-0.2, 0) is 10.0 Å². The van der Waals surface area contributed by atoms with Crippen LogP contribution in [0.1, 0.15) is 5.56 Å². The van der Waals surface area contributed by atoms with Crippen molar-refractivity contribution in [3.05, 3.63) is 54.1 Å². The molecular formula is C16H17N3O3S. The summed E-state index contributed by atoms with van der Waals surface area (Å²) in [7, 11) is -3.63. The van der Waals surface area contributed by atoms with Crippen molar-refractivity contribution in [3.63, 3.8) is 0 Å². The van der Waals surface area contributed by atoms with Gasteiger partial charge in [-0.3, -0.25) is 9.62 Å². The Balaban J connectivity index is 1.81. The fraction of sp³-hybridized carbons (Fsp3) is 0.188. The molecule has 0 aromatic heterocycles. The van der Waals surface area contributed by atoms with Gasteiger partial charge in [-0.2, -0.15) is 0 Å². The molecule has 1 saturated heterocycles. The summed E-state index contributed by atoms with van der Waals surface area (Å²) in [6, 6.07) is 13.4. The molecule has 6 nitrogen and oxygen atoms in total. The fourth-order valence-electron chi connectivity index (χ4n) is 2.50. The summed E-state index contributed by atoms with van der Waals surface area (Å²) in [4.78, 5) is 13.5. The van der Waals surface area contributed by atoms with Gasteiger partial charge in [-0.1, -0.05) is 18.2 Å². The monoisotopic (exact) mass is 331 g/mol. The summed E-state index contributed by atoms with van der Waals surface area (Å²) < 4.78 is 27.4. The van der Waals surface area contributed by atoms with Gasteiger partial charge in [-0.25, -0.2) is 13.2 Å². The van der Waals surface area contributed by atoms with Gasteiger partial charge >= 0.3 is 6.03 Å². The van der Waals surface area contributed by atoms with Gasteiger partial charge in [0, 0.05) is 24.5 Å². The van der Waals surface area contributed by atoms with E-state index in [1.165, 1.54) is 0 Å². The average Bonchev–Trinajstić information content (AvgIpc) is 2.94. The van der Waals surface area contributed by atoms with Crippen molar-refractivity contribution in [1.82, 2.24) is 5.32 Å². The first-order valence-corrected chi connectivity index (χ1v) is 8.69. The molecule has 0 radical (unpaired) electrons. The highest BCUT2D eigenvalue weighted by Crippen LogP contribution is 2.22. The predicted molar refractivity (Wildman–Crippen MR) is 89.2 cm³/mol. The molecule has 0 bridgehead atoms. The third-order valence-corrected chi connectivity index (χ3v) is 5.21. The number of amides is 2. The number of urea groups is 1. The maximum atomic E-state index is 12.4. The van der Waals surface area contributed by atoms with Crippen molar-refractivity contribution >= 4 is 27.4 Å². The van der Waals surface area contributed by atoms with Gasteiger partial charge in [-0.15, -0.1) is 0 Å². The minimum Gasteiger partial charge on any atom is -0.336 e. The van der Waals surface area contributed by atoms with Crippen LogP contribution in [0.2, 0.25) is 0 Å². The smallest absolute Gasteiger partial charge is 0.321 e. The summed E-state index contributed by atoms with van der Waals surface area (Å²) >= 11 is 0. The first kappa shape index (κ1) is 15.4. The number of nitrogens with zero attached hydrogens (tertiary/aromatic N) is 1. The van der Waals surface area contributed by atoms with Crippen LogP contribution in [0.25, 0.3) is 0 Å². The predicted octanol–water partition coefficient (Wildman–Crippen LogP) is 2.33. The molecule has 0 saturated carbocycles. The van der Waals surface area contributed by atoms with Crippen molar-refractivity contribution in [2.45, 2.75) is 11.8 Å². The van der Waals surface area contributed by atoms with Crippen LogP contribution >= 0.6 is 0 Å². The van der Waals surface area contributed by atoms with Crippen molar-refractivity contribution in [2.24, 2.45) is 0 Å². The number of nitrogens with one attached hydrogen (secondary N) is 2. The molecule has 120 valence electrons. The third kappa shape index (κ3) is 3.14. The summed E-state index contributed by atoms with van der Waals surface area (Å²) in [6.07, 6.45) is 0. The normalized spacial score (nSPS) is 14.7. The van der Waals surface area contributed by atoms with Crippen LogP contribution < -0.4 is 14.9 Å². The maximum Gasteiger partial charge on any atom is 0.321 e. The van der Waals surface area contributed by atoms with Crippen LogP contribution in [-0.4, -0.2) is 27.5 Å². The maximum absolute atomic E-state index is 12.4. The Bertz CT molecular complexity index is 832. The van der Waals surface area contributed by atoms with Crippen molar-refractivity contribution in [3.8, 4) is 0 Å². The molecule has 0 unspecified atom stereocenters. The van der Waals surface area contributed by atoms with E-state index in [0.29, 0.717) is 24.3 Å². The summed E-state index contributed by atoms with van der Waals surface area (Å²) in [5.41, 5.74) is 1.88. The second kappa shape index (κ2) is 5.92. The van der Waals surface area contributed by atoms with Gasteiger partial charge in [0.25, 0.3) is 10.0 Å². The molecular weight excluding hydrogens is 314 g/mol. The lowest BCUT2D eigenvalue weighted by molar-refractivity contribution is 0.252. The van der Waals surface area contributed by atoms with E-state index in [1.807, 2.05) is 0 Å². The van der Waals surface area contributed by atoms with E-state index in [0.717, 1.165) is 5.69 Å². The Labute approximate surface area is 135 Å². The standard InChI is InChI=1S/C16H17N3O3S/c1-12-4-2-3-5-15(12)23(21,22)18-13-6-8-14(9-7-13)19-11-10-17-16(19)20/h2-9,18H,10-11H2,1H3,(H,17,20). The minimum absolute atomic E-state index is 0.141. The number of hydrogen-bond donors (Lipinski definition) is 2. The molecule has 0 atom stereocenters. The van der Waals surface area contributed by atoms with Crippen LogP contribution in [0.3, 0.4) is 0 Å². The summed E-state index contributed by atoms with van der Waals surface area (Å²) in [5, 5.41) is 2.72. The Morgan fingerprint density at radius 3 is 2.39 bits per heavy atom. The second-order valence-corrected chi connectivity index (χ2v) is 6.95. The SMILES string of the molecule is Cc1ccccc1S(=O)(=O)Nc1ccc(N2CCNC2=O)cc1. The van der Waals surface area contributed by atoms with Gasteiger partial charge in [0.15, 0.2) is 0 Å². The van der Waals surface area contributed by atoms with Crippen LogP contribution in [0.4, 0.5) is 16.2 Å². The molecule has 1 aliphatic rings. The first-order chi connectivity index (χ1) is 11.0. The van der Waals surface area contributed by atoms with Crippen LogP contribution in [0, 0.1) is 6.92 Å². The van der Waals surface area contributed by atoms with Crippen molar-refractivity contribution < 1.29 is 13.2 Å². The summed E-state index contributed by atoms with van der Waals surface area (Å²) in [6.45, 7) is 2.97. The zero-order chi connectivity index (χ0) is 16.4. The van der Waals surface area contributed by atoms with Gasteiger partial charge in [0.2, 0.25) is 0 Å². The Morgan fingerprint density at radius 2 is 1.78 bits per heavy atom. The van der Waals surface area contributed by atoms with Crippen molar-refractivity contribution in [2.75, 3.05) is 22.7 Å². The highest BCUT2D eigenvalue weighted by atomic mass is 32.2. The average molecular weight is 331 g/mol. The summed E-state index contributed by atoms with van der Waals surface area (Å²) in [5.74, 6) is 0. The van der Waals surface area contributed by atoms with Crippen LogP contribution in [0.5, 0.6) is 0 Å². The molecule has 7 heteroatoms. The highest BCUT2D eigenvalue weighted by molar-refractivity contribution is 7.92. The van der Waals surface area contributed by atoms with Crippen molar-refractivity contribution in [1.29, 1.82) is 0 Å². The molecule has 1 aliphatic heterocycles. The van der Waals surface area contributed by atoms with E-state index < -0.39 is 10.0 Å². The third-order valence-electron chi connectivity index (χ3n) is 3.67. The number of anilines is 2. The topological polar surface area (TPSA) is 78.5 Å². The molecule has 2 aromatic carbocycles. The van der Waals surface area contributed by atoms with E-state index in [-0.39, 0.29) is 10.9 Å². The molecule has 1 fully saturated rings. The first-order valence-electron chi connectivity index (χ1n) is 7.21. The van der Waals surface area contributed by atoms with Gasteiger partial charge in [0.05, 0.1) is 4.90 Å². The minimum atomic E-state index is -3.63. The van der Waals surface area contributed by atoms with Gasteiger partial charge < -0.3 is 5.32 Å². The number of carbonyl (C=O) groups excluding carboxylic acids is 1. The molecule has 1 heterocycles. The lowest BCUT2D eigenvalue weighted by atomic mass is 10.2. The number of carbonyl (C=O) groups is 1. The highest BCUT2D eigenvalue weighted by Gasteiger charge is 2.21. The molecule has 2 amide bonds. The number of benzene rings is 2. The van der Waals surface area contributed by atoms with Crippen LogP contribution in [0.15, 0.2) is 53.4 Å². The lowest BCUT2D eigenvalue weighted by Gasteiger charge is -2.15. The Morgan fingerprint density at radius 1 is 1.09 bits per heavy atom. The second-order valence-electron chi connectivity index (χ2n) is 5.30. The number of aryl methyl sites for hydroxylation is 1. The molecule has 0 aliphatic carbocycles. The quantitative estimate of drug-likeness (QED) is 0.902. The zero-order valence-electron chi connectivity index (χ0n) is 12.6. The molecule has 0 spiro atoms. The fourth-order valence-corrected chi connectivity index (χ4v) is 3.80. The number of hydrogen-bond acceptors (Lipinski definition) is 3. The Kier molecular flexibility index (Phi) is 3.96. The molecule has 3 rings (SSSR count).